The summed E-state index contributed by atoms with van der Waals surface area (Å²) >= 11 is 11.7. The number of hydrogen-bond acceptors (Lipinski definition) is 4. The largest absolute Gasteiger partial charge is 0.466 e. The van der Waals surface area contributed by atoms with E-state index in [1.54, 1.807) is 12.1 Å². The highest BCUT2D eigenvalue weighted by Gasteiger charge is 2.08. The molecule has 0 heterocycles. The SMILES string of the molecule is CCCCCCCOC(=O)CCCCCC(=O)Oc1ccc(Cl)c(Cl)c1. The van der Waals surface area contributed by atoms with Crippen molar-refractivity contribution in [1.29, 1.82) is 0 Å². The molecule has 0 amide bonds. The summed E-state index contributed by atoms with van der Waals surface area (Å²) in [7, 11) is 0. The minimum Gasteiger partial charge on any atom is -0.466 e. The molecule has 0 unspecified atom stereocenters. The average Bonchev–Trinajstić information content (AvgIpc) is 2.61. The zero-order chi connectivity index (χ0) is 19.2. The lowest BCUT2D eigenvalue weighted by Gasteiger charge is -2.06. The summed E-state index contributed by atoms with van der Waals surface area (Å²) in [6.07, 6.45) is 8.56. The smallest absolute Gasteiger partial charge is 0.311 e. The van der Waals surface area contributed by atoms with Gasteiger partial charge in [-0.25, -0.2) is 0 Å². The molecule has 0 atom stereocenters. The van der Waals surface area contributed by atoms with Crippen LogP contribution >= 0.6 is 23.2 Å². The molecule has 1 rings (SSSR count). The van der Waals surface area contributed by atoms with Crippen molar-refractivity contribution in [3.63, 3.8) is 0 Å². The first-order chi connectivity index (χ1) is 12.5. The van der Waals surface area contributed by atoms with Crippen molar-refractivity contribution in [3.8, 4) is 5.75 Å². The van der Waals surface area contributed by atoms with Crippen molar-refractivity contribution >= 4 is 35.1 Å². The van der Waals surface area contributed by atoms with E-state index in [-0.39, 0.29) is 11.9 Å². The summed E-state index contributed by atoms with van der Waals surface area (Å²) in [5.74, 6) is -0.0937. The standard InChI is InChI=1S/C20H28Cl2O4/c1-2-3-4-5-9-14-25-19(23)10-7-6-8-11-20(24)26-16-12-13-17(21)18(22)15-16/h12-13,15H,2-11,14H2,1H3. The molecular weight excluding hydrogens is 375 g/mol. The van der Waals surface area contributed by atoms with Crippen LogP contribution in [0.5, 0.6) is 5.75 Å². The van der Waals surface area contributed by atoms with E-state index in [0.29, 0.717) is 48.1 Å². The zero-order valence-corrected chi connectivity index (χ0v) is 16.9. The third-order valence-electron chi connectivity index (χ3n) is 3.90. The first-order valence-electron chi connectivity index (χ1n) is 9.34. The van der Waals surface area contributed by atoms with Crippen LogP contribution in [-0.4, -0.2) is 18.5 Å². The molecule has 0 saturated heterocycles. The fraction of sp³-hybridized carbons (Fsp3) is 0.600. The van der Waals surface area contributed by atoms with Gasteiger partial charge in [0.2, 0.25) is 0 Å². The Kier molecular flexibility index (Phi) is 12.2. The van der Waals surface area contributed by atoms with E-state index in [4.69, 9.17) is 32.7 Å². The summed E-state index contributed by atoms with van der Waals surface area (Å²) in [5.41, 5.74) is 0. The minimum atomic E-state index is -0.321. The first kappa shape index (κ1) is 22.8. The van der Waals surface area contributed by atoms with E-state index in [1.807, 2.05) is 0 Å². The quantitative estimate of drug-likeness (QED) is 0.218. The van der Waals surface area contributed by atoms with Crippen LogP contribution in [0.3, 0.4) is 0 Å². The fourth-order valence-electron chi connectivity index (χ4n) is 2.40. The van der Waals surface area contributed by atoms with Gasteiger partial charge in [0.15, 0.2) is 0 Å². The number of unbranched alkanes of at least 4 members (excludes halogenated alkanes) is 6. The molecule has 0 N–H and O–H groups in total. The molecule has 26 heavy (non-hydrogen) atoms. The minimum absolute atomic E-state index is 0.154. The molecular formula is C20H28Cl2O4. The molecule has 0 bridgehead atoms. The molecule has 0 aromatic heterocycles. The number of halogens is 2. The molecule has 0 saturated carbocycles. The number of hydrogen-bond donors (Lipinski definition) is 0. The predicted molar refractivity (Wildman–Crippen MR) is 105 cm³/mol. The molecule has 0 aliphatic rings. The summed E-state index contributed by atoms with van der Waals surface area (Å²) in [6, 6.07) is 4.70. The Balaban J connectivity index is 2.03. The van der Waals surface area contributed by atoms with Gasteiger partial charge in [0.1, 0.15) is 5.75 Å². The Labute approximate surface area is 166 Å². The van der Waals surface area contributed by atoms with Crippen LogP contribution in [0.15, 0.2) is 18.2 Å². The van der Waals surface area contributed by atoms with Gasteiger partial charge in [-0.05, 0) is 31.4 Å². The van der Waals surface area contributed by atoms with Gasteiger partial charge in [-0.3, -0.25) is 9.59 Å². The van der Waals surface area contributed by atoms with Crippen LogP contribution in [0.4, 0.5) is 0 Å². The van der Waals surface area contributed by atoms with Crippen molar-refractivity contribution in [1.82, 2.24) is 0 Å². The number of ether oxygens (including phenoxy) is 2. The van der Waals surface area contributed by atoms with Crippen LogP contribution in [0, 0.1) is 0 Å². The highest BCUT2D eigenvalue weighted by Crippen LogP contribution is 2.26. The molecule has 1 aromatic carbocycles. The van der Waals surface area contributed by atoms with E-state index in [1.165, 1.54) is 25.3 Å². The predicted octanol–water partition coefficient (Wildman–Crippen LogP) is 6.36. The first-order valence-corrected chi connectivity index (χ1v) is 10.1. The molecule has 0 aliphatic carbocycles. The van der Waals surface area contributed by atoms with Crippen molar-refractivity contribution in [3.05, 3.63) is 28.2 Å². The van der Waals surface area contributed by atoms with Crippen LogP contribution in [0.25, 0.3) is 0 Å². The van der Waals surface area contributed by atoms with Crippen molar-refractivity contribution in [2.24, 2.45) is 0 Å². The van der Waals surface area contributed by atoms with Gasteiger partial charge in [0, 0.05) is 18.9 Å². The summed E-state index contributed by atoms with van der Waals surface area (Å²) in [5, 5.41) is 0.764. The second-order valence-corrected chi connectivity index (χ2v) is 7.06. The van der Waals surface area contributed by atoms with Crippen LogP contribution in [0.2, 0.25) is 10.0 Å². The molecule has 6 heteroatoms. The Morgan fingerprint density at radius 3 is 2.19 bits per heavy atom. The second kappa shape index (κ2) is 13.9. The molecule has 0 fully saturated rings. The van der Waals surface area contributed by atoms with E-state index in [0.717, 1.165) is 19.3 Å². The van der Waals surface area contributed by atoms with E-state index >= 15 is 0 Å². The highest BCUT2D eigenvalue weighted by molar-refractivity contribution is 6.42. The van der Waals surface area contributed by atoms with Crippen LogP contribution < -0.4 is 4.74 Å². The van der Waals surface area contributed by atoms with Gasteiger partial charge in [-0.2, -0.15) is 0 Å². The maximum Gasteiger partial charge on any atom is 0.311 e. The van der Waals surface area contributed by atoms with Crippen molar-refractivity contribution in [2.45, 2.75) is 71.1 Å². The Bertz CT molecular complexity index is 561. The lowest BCUT2D eigenvalue weighted by Crippen LogP contribution is -2.08. The number of rotatable bonds is 13. The molecule has 1 aromatic rings. The summed E-state index contributed by atoms with van der Waals surface area (Å²) in [6.45, 7) is 2.69. The molecule has 0 radical (unpaired) electrons. The average molecular weight is 403 g/mol. The van der Waals surface area contributed by atoms with Gasteiger partial charge >= 0.3 is 11.9 Å². The molecule has 0 aliphatic heterocycles. The van der Waals surface area contributed by atoms with Crippen molar-refractivity contribution in [2.75, 3.05) is 6.61 Å². The van der Waals surface area contributed by atoms with Gasteiger partial charge < -0.3 is 9.47 Å². The Morgan fingerprint density at radius 2 is 1.50 bits per heavy atom. The summed E-state index contributed by atoms with van der Waals surface area (Å²) in [4.78, 5) is 23.4. The normalized spacial score (nSPS) is 10.6. The van der Waals surface area contributed by atoms with E-state index in [9.17, 15) is 9.59 Å². The van der Waals surface area contributed by atoms with Gasteiger partial charge in [-0.15, -0.1) is 0 Å². The Hall–Kier alpha value is -1.26. The molecule has 4 nitrogen and oxygen atoms in total. The Morgan fingerprint density at radius 1 is 0.846 bits per heavy atom. The van der Waals surface area contributed by atoms with Crippen LogP contribution in [0.1, 0.15) is 71.1 Å². The molecule has 0 spiro atoms. The van der Waals surface area contributed by atoms with Gasteiger partial charge in [0.05, 0.1) is 16.7 Å². The molecule has 146 valence electrons. The lowest BCUT2D eigenvalue weighted by molar-refractivity contribution is -0.143. The maximum absolute atomic E-state index is 11.8. The number of esters is 2. The number of benzene rings is 1. The zero-order valence-electron chi connectivity index (χ0n) is 15.4. The monoisotopic (exact) mass is 402 g/mol. The lowest BCUT2D eigenvalue weighted by atomic mass is 10.1. The van der Waals surface area contributed by atoms with Crippen molar-refractivity contribution < 1.29 is 19.1 Å². The van der Waals surface area contributed by atoms with Crippen LogP contribution in [-0.2, 0) is 14.3 Å². The maximum atomic E-state index is 11.8. The number of carbonyl (C=O) groups is 2. The number of carbonyl (C=O) groups excluding carboxylic acids is 2. The van der Waals surface area contributed by atoms with Gasteiger partial charge in [0.25, 0.3) is 0 Å². The second-order valence-electron chi connectivity index (χ2n) is 6.25. The third kappa shape index (κ3) is 10.7. The third-order valence-corrected chi connectivity index (χ3v) is 4.63. The highest BCUT2D eigenvalue weighted by atomic mass is 35.5. The van der Waals surface area contributed by atoms with E-state index < -0.39 is 0 Å². The topological polar surface area (TPSA) is 52.6 Å². The van der Waals surface area contributed by atoms with E-state index in [2.05, 4.69) is 6.92 Å². The fourth-order valence-corrected chi connectivity index (χ4v) is 2.69. The van der Waals surface area contributed by atoms with Gasteiger partial charge in [-0.1, -0.05) is 62.2 Å². The summed E-state index contributed by atoms with van der Waals surface area (Å²) < 4.78 is 10.4.